The van der Waals surface area contributed by atoms with E-state index in [9.17, 15) is 4.79 Å². The van der Waals surface area contributed by atoms with Crippen LogP contribution in [0.3, 0.4) is 0 Å². The lowest BCUT2D eigenvalue weighted by Gasteiger charge is -2.18. The molecule has 0 unspecified atom stereocenters. The molecule has 0 spiro atoms. The van der Waals surface area contributed by atoms with Crippen LogP contribution in [0.25, 0.3) is 11.3 Å². The predicted molar refractivity (Wildman–Crippen MR) is 152 cm³/mol. The summed E-state index contributed by atoms with van der Waals surface area (Å²) < 4.78 is 11.6. The molecule has 3 aromatic carbocycles. The second-order valence-electron chi connectivity index (χ2n) is 8.88. The summed E-state index contributed by atoms with van der Waals surface area (Å²) in [7, 11) is 0. The highest BCUT2D eigenvalue weighted by Gasteiger charge is 2.30. The van der Waals surface area contributed by atoms with Gasteiger partial charge in [-0.1, -0.05) is 56.3 Å². The lowest BCUT2D eigenvalue weighted by Crippen LogP contribution is -2.25. The number of hydrogen-bond donors (Lipinski definition) is 2. The Hall–Kier alpha value is -3.77. The quantitative estimate of drug-likeness (QED) is 0.286. The highest BCUT2D eigenvalue weighted by Crippen LogP contribution is 2.43. The van der Waals surface area contributed by atoms with Crippen LogP contribution in [-0.2, 0) is 11.2 Å². The largest absolute Gasteiger partial charge is 0.490 e. The summed E-state index contributed by atoms with van der Waals surface area (Å²) in [6.07, 6.45) is 1.01. The number of amides is 1. The van der Waals surface area contributed by atoms with E-state index in [0.717, 1.165) is 48.6 Å². The molecule has 0 aromatic heterocycles. The van der Waals surface area contributed by atoms with E-state index in [1.807, 2.05) is 56.3 Å². The lowest BCUT2D eigenvalue weighted by atomic mass is 9.99. The van der Waals surface area contributed by atoms with Crippen molar-refractivity contribution in [2.75, 3.05) is 43.5 Å². The Morgan fingerprint density at radius 1 is 0.865 bits per heavy atom. The first-order valence-corrected chi connectivity index (χ1v) is 13.2. The Kier molecular flexibility index (Phi) is 8.86. The number of nitrogens with one attached hydrogen (secondary N) is 2. The summed E-state index contributed by atoms with van der Waals surface area (Å²) in [5.41, 5.74) is 5.98. The average Bonchev–Trinajstić information content (AvgIpc) is 3.24. The van der Waals surface area contributed by atoms with Gasteiger partial charge in [-0.25, -0.2) is 0 Å². The van der Waals surface area contributed by atoms with Crippen LogP contribution in [0.15, 0.2) is 66.7 Å². The van der Waals surface area contributed by atoms with Gasteiger partial charge in [-0.05, 0) is 62.7 Å². The minimum Gasteiger partial charge on any atom is -0.490 e. The minimum absolute atomic E-state index is 0.159. The number of nitrogens with zero attached hydrogens (tertiary/aromatic N) is 1. The maximum absolute atomic E-state index is 13.3. The molecule has 0 radical (unpaired) electrons. The highest BCUT2D eigenvalue weighted by atomic mass is 16.5. The molecular weight excluding hydrogens is 462 g/mol. The van der Waals surface area contributed by atoms with E-state index in [1.54, 1.807) is 0 Å². The molecule has 0 fully saturated rings. The molecule has 1 amide bonds. The van der Waals surface area contributed by atoms with Crippen LogP contribution < -0.4 is 20.1 Å². The maximum Gasteiger partial charge on any atom is 0.258 e. The molecule has 0 bridgehead atoms. The van der Waals surface area contributed by atoms with Crippen LogP contribution in [-0.4, -0.2) is 43.7 Å². The van der Waals surface area contributed by atoms with Crippen LogP contribution in [0, 0.1) is 0 Å². The first-order valence-electron chi connectivity index (χ1n) is 13.2. The molecule has 2 N–H and O–H groups in total. The molecule has 0 atom stereocenters. The Morgan fingerprint density at radius 2 is 1.51 bits per heavy atom. The van der Waals surface area contributed by atoms with E-state index in [2.05, 4.69) is 53.6 Å². The van der Waals surface area contributed by atoms with Crippen molar-refractivity contribution < 1.29 is 14.3 Å². The number of benzene rings is 3. The maximum atomic E-state index is 13.3. The molecule has 0 aliphatic carbocycles. The zero-order valence-electron chi connectivity index (χ0n) is 22.3. The van der Waals surface area contributed by atoms with E-state index in [1.165, 1.54) is 5.56 Å². The third kappa shape index (κ3) is 6.15. The van der Waals surface area contributed by atoms with Crippen molar-refractivity contribution in [1.29, 1.82) is 0 Å². The lowest BCUT2D eigenvalue weighted by molar-refractivity contribution is -0.110. The van der Waals surface area contributed by atoms with Crippen molar-refractivity contribution in [3.05, 3.63) is 83.4 Å². The predicted octanol–water partition coefficient (Wildman–Crippen LogP) is 6.30. The Balaban J connectivity index is 1.72. The molecule has 6 heteroatoms. The summed E-state index contributed by atoms with van der Waals surface area (Å²) in [5.74, 6) is 1.09. The number of rotatable bonds is 12. The van der Waals surface area contributed by atoms with Gasteiger partial charge in [-0.15, -0.1) is 0 Å². The monoisotopic (exact) mass is 499 g/mol. The van der Waals surface area contributed by atoms with Crippen LogP contribution in [0.4, 0.5) is 11.4 Å². The van der Waals surface area contributed by atoms with Gasteiger partial charge < -0.3 is 25.0 Å². The molecule has 0 saturated heterocycles. The molecule has 4 rings (SSSR count). The van der Waals surface area contributed by atoms with E-state index in [4.69, 9.17) is 9.47 Å². The Labute approximate surface area is 220 Å². The van der Waals surface area contributed by atoms with Gasteiger partial charge in [0.15, 0.2) is 11.5 Å². The fourth-order valence-corrected chi connectivity index (χ4v) is 4.57. The van der Waals surface area contributed by atoms with Crippen LogP contribution in [0.1, 0.15) is 44.4 Å². The Morgan fingerprint density at radius 3 is 2.14 bits per heavy atom. The van der Waals surface area contributed by atoms with Crippen molar-refractivity contribution >= 4 is 28.6 Å². The van der Waals surface area contributed by atoms with Gasteiger partial charge >= 0.3 is 0 Å². The normalized spacial score (nSPS) is 13.8. The number of hydrogen-bond acceptors (Lipinski definition) is 5. The zero-order chi connectivity index (χ0) is 26.2. The fraction of sp³-hybridized carbons (Fsp3) is 0.323. The zero-order valence-corrected chi connectivity index (χ0v) is 22.3. The number of anilines is 2. The van der Waals surface area contributed by atoms with Crippen molar-refractivity contribution in [3.8, 4) is 11.5 Å². The van der Waals surface area contributed by atoms with Crippen molar-refractivity contribution in [2.45, 2.75) is 34.1 Å². The third-order valence-corrected chi connectivity index (χ3v) is 6.58. The molecule has 1 heterocycles. The van der Waals surface area contributed by atoms with Crippen LogP contribution in [0.2, 0.25) is 0 Å². The summed E-state index contributed by atoms with van der Waals surface area (Å²) in [4.78, 5) is 15.8. The number of carbonyl (C=O) groups is 1. The van der Waals surface area contributed by atoms with Gasteiger partial charge in [0.2, 0.25) is 0 Å². The first-order chi connectivity index (χ1) is 18.1. The number of carbonyl (C=O) groups excluding carboxylic acids is 1. The van der Waals surface area contributed by atoms with Gasteiger partial charge in [-0.2, -0.15) is 0 Å². The second kappa shape index (κ2) is 12.5. The molecule has 3 aromatic rings. The summed E-state index contributed by atoms with van der Waals surface area (Å²) in [5, 5.41) is 6.57. The number of likely N-dealkylation sites (N-methyl/N-ethyl adjacent to an activating group) is 1. The smallest absolute Gasteiger partial charge is 0.258 e. The van der Waals surface area contributed by atoms with E-state index in [-0.39, 0.29) is 5.91 Å². The molecule has 0 saturated carbocycles. The molecular formula is C31H37N3O3. The van der Waals surface area contributed by atoms with Crippen LogP contribution in [0.5, 0.6) is 11.5 Å². The third-order valence-electron chi connectivity index (χ3n) is 6.58. The van der Waals surface area contributed by atoms with Gasteiger partial charge in [0.25, 0.3) is 5.91 Å². The van der Waals surface area contributed by atoms with Gasteiger partial charge in [0.05, 0.1) is 30.2 Å². The Bertz CT molecular complexity index is 1230. The second-order valence-corrected chi connectivity index (χ2v) is 8.88. The van der Waals surface area contributed by atoms with Gasteiger partial charge in [0, 0.05) is 23.9 Å². The first kappa shape index (κ1) is 26.3. The average molecular weight is 500 g/mol. The van der Waals surface area contributed by atoms with Crippen molar-refractivity contribution in [1.82, 2.24) is 4.90 Å². The van der Waals surface area contributed by atoms with Crippen molar-refractivity contribution in [3.63, 3.8) is 0 Å². The molecule has 1 aliphatic heterocycles. The molecule has 1 aliphatic rings. The molecule has 6 nitrogen and oxygen atoms in total. The standard InChI is InChI=1S/C31H37N3O3/c1-5-34(6-2)19-18-22-14-16-24(17-15-22)32-30(23-12-10-9-11-13-23)29-25-20-27(36-7-3)28(37-8-4)21-26(25)33-31(29)35/h9-17,20-21,32H,5-8,18-19H2,1-4H3,(H,33,35). The van der Waals surface area contributed by atoms with Gasteiger partial charge in [-0.3, -0.25) is 4.79 Å². The number of fused-ring (bicyclic) bond motifs is 1. The highest BCUT2D eigenvalue weighted by molar-refractivity contribution is 6.37. The summed E-state index contributed by atoms with van der Waals surface area (Å²) in [6.45, 7) is 12.4. The molecule has 194 valence electrons. The van der Waals surface area contributed by atoms with E-state index in [0.29, 0.717) is 36.0 Å². The van der Waals surface area contributed by atoms with Crippen LogP contribution >= 0.6 is 0 Å². The SMILES string of the molecule is CCOc1cc2c(cc1OCC)C(=C(Nc1ccc(CCN(CC)CC)cc1)c1ccccc1)C(=O)N2. The topological polar surface area (TPSA) is 62.8 Å². The summed E-state index contributed by atoms with van der Waals surface area (Å²) in [6, 6.07) is 22.2. The number of ether oxygens (including phenoxy) is 2. The van der Waals surface area contributed by atoms with Crippen molar-refractivity contribution in [2.24, 2.45) is 0 Å². The van der Waals surface area contributed by atoms with Gasteiger partial charge in [0.1, 0.15) is 0 Å². The fourth-order valence-electron chi connectivity index (χ4n) is 4.57. The minimum atomic E-state index is -0.159. The summed E-state index contributed by atoms with van der Waals surface area (Å²) >= 11 is 0. The van der Waals surface area contributed by atoms with E-state index < -0.39 is 0 Å². The van der Waals surface area contributed by atoms with E-state index >= 15 is 0 Å². The molecule has 37 heavy (non-hydrogen) atoms.